The summed E-state index contributed by atoms with van der Waals surface area (Å²) in [6.45, 7) is 4.45. The van der Waals surface area contributed by atoms with E-state index in [4.69, 9.17) is 21.1 Å². The summed E-state index contributed by atoms with van der Waals surface area (Å²) in [5.41, 5.74) is 3.77. The Kier molecular flexibility index (Phi) is 6.21. The van der Waals surface area contributed by atoms with Crippen LogP contribution in [0.15, 0.2) is 42.5 Å². The van der Waals surface area contributed by atoms with E-state index in [1.807, 2.05) is 56.3 Å². The van der Waals surface area contributed by atoms with Crippen LogP contribution in [0.2, 0.25) is 5.02 Å². The number of nitrogens with one attached hydrogen (secondary N) is 2. The van der Waals surface area contributed by atoms with E-state index in [9.17, 15) is 0 Å². The summed E-state index contributed by atoms with van der Waals surface area (Å²) in [5.74, 6) is 2.62. The Labute approximate surface area is 169 Å². The minimum Gasteiger partial charge on any atom is -0.493 e. The van der Waals surface area contributed by atoms with Crippen LogP contribution in [-0.2, 0) is 6.54 Å². The summed E-state index contributed by atoms with van der Waals surface area (Å²) in [6, 6.07) is 13.4. The van der Waals surface area contributed by atoms with Gasteiger partial charge < -0.3 is 20.1 Å². The second-order valence-electron chi connectivity index (χ2n) is 6.30. The lowest BCUT2D eigenvalue weighted by molar-refractivity contribution is 0.354. The van der Waals surface area contributed by atoms with Crippen molar-refractivity contribution in [1.29, 1.82) is 0 Å². The first-order valence-electron chi connectivity index (χ1n) is 8.82. The van der Waals surface area contributed by atoms with Gasteiger partial charge in [-0.15, -0.1) is 0 Å². The number of anilines is 3. The van der Waals surface area contributed by atoms with Gasteiger partial charge in [0.2, 0.25) is 5.95 Å². The number of hydrogen-bond donors (Lipinski definition) is 2. The minimum atomic E-state index is 0.539. The third kappa shape index (κ3) is 4.64. The van der Waals surface area contributed by atoms with E-state index in [-0.39, 0.29) is 0 Å². The SMILES string of the molecule is COc1ccc(CNc2nc(C)cc(Nc3cccc(Cl)c3C)n2)cc1OC. The van der Waals surface area contributed by atoms with E-state index < -0.39 is 0 Å². The predicted molar refractivity (Wildman–Crippen MR) is 113 cm³/mol. The average Bonchev–Trinajstić information content (AvgIpc) is 2.69. The molecule has 0 amide bonds. The molecule has 0 saturated carbocycles. The van der Waals surface area contributed by atoms with Crippen LogP contribution in [0, 0.1) is 13.8 Å². The number of ether oxygens (including phenoxy) is 2. The first-order chi connectivity index (χ1) is 13.5. The highest BCUT2D eigenvalue weighted by molar-refractivity contribution is 6.31. The molecule has 0 aliphatic rings. The summed E-state index contributed by atoms with van der Waals surface area (Å²) >= 11 is 6.20. The molecular weight excluding hydrogens is 376 g/mol. The van der Waals surface area contributed by atoms with Crippen molar-refractivity contribution in [3.63, 3.8) is 0 Å². The smallest absolute Gasteiger partial charge is 0.225 e. The van der Waals surface area contributed by atoms with Gasteiger partial charge >= 0.3 is 0 Å². The zero-order valence-corrected chi connectivity index (χ0v) is 17.1. The Hall–Kier alpha value is -2.99. The second-order valence-corrected chi connectivity index (χ2v) is 6.71. The molecule has 0 atom stereocenters. The molecule has 7 heteroatoms. The van der Waals surface area contributed by atoms with Crippen molar-refractivity contribution in [3.8, 4) is 11.5 Å². The van der Waals surface area contributed by atoms with Gasteiger partial charge in [-0.3, -0.25) is 0 Å². The quantitative estimate of drug-likeness (QED) is 0.575. The van der Waals surface area contributed by atoms with E-state index in [2.05, 4.69) is 20.6 Å². The molecule has 1 aromatic heterocycles. The standard InChI is InChI=1S/C21H23ClN4O2/c1-13-10-20(25-17-7-5-6-16(22)14(17)2)26-21(24-13)23-12-15-8-9-18(27-3)19(11-15)28-4/h5-11H,12H2,1-4H3,(H2,23,24,25,26). The van der Waals surface area contributed by atoms with Crippen LogP contribution in [0.25, 0.3) is 0 Å². The molecule has 0 spiro atoms. The number of halogens is 1. The summed E-state index contributed by atoms with van der Waals surface area (Å²) < 4.78 is 10.6. The van der Waals surface area contributed by atoms with Crippen LogP contribution in [0.5, 0.6) is 11.5 Å². The summed E-state index contributed by atoms with van der Waals surface area (Å²) in [5, 5.41) is 7.28. The minimum absolute atomic E-state index is 0.539. The Bertz CT molecular complexity index is 979. The van der Waals surface area contributed by atoms with Crippen LogP contribution < -0.4 is 20.1 Å². The molecular formula is C21H23ClN4O2. The fourth-order valence-electron chi connectivity index (χ4n) is 2.76. The van der Waals surface area contributed by atoms with Crippen LogP contribution in [0.1, 0.15) is 16.8 Å². The Morgan fingerprint density at radius 3 is 2.50 bits per heavy atom. The maximum atomic E-state index is 6.20. The van der Waals surface area contributed by atoms with Crippen molar-refractivity contribution in [3.05, 3.63) is 64.3 Å². The fraction of sp³-hybridized carbons (Fsp3) is 0.238. The lowest BCUT2D eigenvalue weighted by Gasteiger charge is -2.13. The summed E-state index contributed by atoms with van der Waals surface area (Å²) in [6.07, 6.45) is 0. The van der Waals surface area contributed by atoms with Gasteiger partial charge in [0.1, 0.15) is 5.82 Å². The van der Waals surface area contributed by atoms with E-state index in [1.165, 1.54) is 0 Å². The molecule has 0 bridgehead atoms. The molecule has 0 aliphatic heterocycles. The van der Waals surface area contributed by atoms with Gasteiger partial charge in [-0.2, -0.15) is 4.98 Å². The van der Waals surface area contributed by atoms with Gasteiger partial charge in [-0.05, 0) is 49.2 Å². The van der Waals surface area contributed by atoms with Crippen molar-refractivity contribution < 1.29 is 9.47 Å². The largest absolute Gasteiger partial charge is 0.493 e. The van der Waals surface area contributed by atoms with Crippen molar-refractivity contribution in [2.24, 2.45) is 0 Å². The zero-order valence-electron chi connectivity index (χ0n) is 16.3. The number of aryl methyl sites for hydroxylation is 1. The van der Waals surface area contributed by atoms with E-state index in [0.29, 0.717) is 34.8 Å². The highest BCUT2D eigenvalue weighted by Gasteiger charge is 2.08. The highest BCUT2D eigenvalue weighted by Crippen LogP contribution is 2.28. The third-order valence-corrected chi connectivity index (χ3v) is 4.69. The second kappa shape index (κ2) is 8.80. The molecule has 2 aromatic carbocycles. The van der Waals surface area contributed by atoms with E-state index >= 15 is 0 Å². The number of hydrogen-bond acceptors (Lipinski definition) is 6. The predicted octanol–water partition coefficient (Wildman–Crippen LogP) is 5.12. The molecule has 0 aliphatic carbocycles. The number of rotatable bonds is 7. The number of methoxy groups -OCH3 is 2. The zero-order chi connectivity index (χ0) is 20.1. The molecule has 3 aromatic rings. The van der Waals surface area contributed by atoms with Crippen LogP contribution in [-0.4, -0.2) is 24.2 Å². The number of nitrogens with zero attached hydrogens (tertiary/aromatic N) is 2. The van der Waals surface area contributed by atoms with Gasteiger partial charge in [-0.25, -0.2) is 4.98 Å². The first kappa shape index (κ1) is 19.8. The molecule has 3 rings (SSSR count). The molecule has 2 N–H and O–H groups in total. The summed E-state index contributed by atoms with van der Waals surface area (Å²) in [4.78, 5) is 9.02. The van der Waals surface area contributed by atoms with E-state index in [0.717, 1.165) is 22.5 Å². The molecule has 1 heterocycles. The van der Waals surface area contributed by atoms with Gasteiger partial charge in [0.15, 0.2) is 11.5 Å². The van der Waals surface area contributed by atoms with Gasteiger partial charge in [0, 0.05) is 29.0 Å². The van der Waals surface area contributed by atoms with Crippen LogP contribution in [0.4, 0.5) is 17.5 Å². The lowest BCUT2D eigenvalue weighted by atomic mass is 10.2. The molecule has 6 nitrogen and oxygen atoms in total. The van der Waals surface area contributed by atoms with Crippen LogP contribution >= 0.6 is 11.6 Å². The number of aromatic nitrogens is 2. The Balaban J connectivity index is 1.76. The molecule has 0 fully saturated rings. The first-order valence-corrected chi connectivity index (χ1v) is 9.20. The molecule has 0 unspecified atom stereocenters. The normalized spacial score (nSPS) is 10.5. The molecule has 28 heavy (non-hydrogen) atoms. The van der Waals surface area contributed by atoms with Crippen LogP contribution in [0.3, 0.4) is 0 Å². The topological polar surface area (TPSA) is 68.3 Å². The lowest BCUT2D eigenvalue weighted by Crippen LogP contribution is -2.07. The van der Waals surface area contributed by atoms with Crippen molar-refractivity contribution in [1.82, 2.24) is 9.97 Å². The van der Waals surface area contributed by atoms with Gasteiger partial charge in [0.25, 0.3) is 0 Å². The summed E-state index contributed by atoms with van der Waals surface area (Å²) in [7, 11) is 3.24. The average molecular weight is 399 g/mol. The van der Waals surface area contributed by atoms with Crippen molar-refractivity contribution in [2.75, 3.05) is 24.9 Å². The third-order valence-electron chi connectivity index (χ3n) is 4.28. The maximum absolute atomic E-state index is 6.20. The highest BCUT2D eigenvalue weighted by atomic mass is 35.5. The number of benzene rings is 2. The van der Waals surface area contributed by atoms with Gasteiger partial charge in [0.05, 0.1) is 14.2 Å². The fourth-order valence-corrected chi connectivity index (χ4v) is 2.94. The molecule has 146 valence electrons. The van der Waals surface area contributed by atoms with Gasteiger partial charge in [-0.1, -0.05) is 23.7 Å². The molecule has 0 radical (unpaired) electrons. The Morgan fingerprint density at radius 1 is 0.964 bits per heavy atom. The monoisotopic (exact) mass is 398 g/mol. The molecule has 0 saturated heterocycles. The maximum Gasteiger partial charge on any atom is 0.225 e. The Morgan fingerprint density at radius 2 is 1.75 bits per heavy atom. The van der Waals surface area contributed by atoms with Crippen molar-refractivity contribution >= 4 is 29.1 Å². The van der Waals surface area contributed by atoms with E-state index in [1.54, 1.807) is 14.2 Å². The van der Waals surface area contributed by atoms with Crippen molar-refractivity contribution in [2.45, 2.75) is 20.4 Å².